The Morgan fingerprint density at radius 3 is 1.93 bits per heavy atom. The summed E-state index contributed by atoms with van der Waals surface area (Å²) in [6, 6.07) is 1.25. The highest BCUT2D eigenvalue weighted by Crippen LogP contribution is 2.31. The number of carbonyl (C=O) groups is 5. The molecule has 10 nitrogen and oxygen atoms in total. The molecule has 4 amide bonds. The molecule has 1 saturated heterocycles. The van der Waals surface area contributed by atoms with Crippen molar-refractivity contribution in [3.8, 4) is 0 Å². The van der Waals surface area contributed by atoms with Crippen LogP contribution in [0.25, 0.3) is 0 Å². The van der Waals surface area contributed by atoms with Gasteiger partial charge in [0, 0.05) is 31.5 Å². The molecule has 11 heteroatoms. The number of nitrogens with one attached hydrogen (secondary N) is 2. The van der Waals surface area contributed by atoms with Crippen molar-refractivity contribution in [1.29, 1.82) is 10.8 Å². The average molecular weight is 413 g/mol. The first-order valence-electron chi connectivity index (χ1n) is 8.57. The Labute approximate surface area is 167 Å². The molecule has 1 aliphatic carbocycles. The summed E-state index contributed by atoms with van der Waals surface area (Å²) in [4.78, 5) is 64.3. The molecular weight excluding hydrogens is 392 g/mol. The molecule has 0 aromatic heterocycles. The van der Waals surface area contributed by atoms with E-state index in [4.69, 9.17) is 15.7 Å². The molecule has 28 heavy (non-hydrogen) atoms. The molecular formula is C17H21ClN4O6. The summed E-state index contributed by atoms with van der Waals surface area (Å²) in [7, 11) is 0. The van der Waals surface area contributed by atoms with E-state index in [1.165, 1.54) is 23.1 Å². The number of nitrogens with zero attached hydrogens (tertiary/aromatic N) is 2. The molecule has 0 spiro atoms. The van der Waals surface area contributed by atoms with E-state index >= 15 is 0 Å². The second kappa shape index (κ2) is 10.5. The zero-order valence-electron chi connectivity index (χ0n) is 15.0. The normalized spacial score (nSPS) is 23.7. The molecule has 2 fully saturated rings. The molecule has 0 aromatic rings. The lowest BCUT2D eigenvalue weighted by Crippen LogP contribution is -2.38. The van der Waals surface area contributed by atoms with Gasteiger partial charge in [-0.05, 0) is 31.6 Å². The highest BCUT2D eigenvalue weighted by molar-refractivity contribution is 6.12. The number of carbonyl (C=O) groups excluding carboxylic acids is 5. The fourth-order valence-electron chi connectivity index (χ4n) is 3.27. The maximum atomic E-state index is 12.1. The molecule has 0 atom stereocenters. The van der Waals surface area contributed by atoms with Gasteiger partial charge in [0.25, 0.3) is 23.6 Å². The molecule has 152 valence electrons. The van der Waals surface area contributed by atoms with Gasteiger partial charge >= 0.3 is 5.97 Å². The van der Waals surface area contributed by atoms with E-state index in [1.807, 2.05) is 0 Å². The smallest absolute Gasteiger partial charge is 0.330 e. The van der Waals surface area contributed by atoms with Gasteiger partial charge in [-0.3, -0.25) is 24.1 Å². The summed E-state index contributed by atoms with van der Waals surface area (Å²) < 4.78 is 0. The number of rotatable bonds is 4. The zero-order chi connectivity index (χ0) is 20.0. The van der Waals surface area contributed by atoms with E-state index in [0.717, 1.165) is 0 Å². The standard InChI is InChI=1S/C16H18N2O6.CH2N2.ClH/c19-12-5-6-13(20)17(12)9-10-1-3-11(4-2-10)16(23)24-18-14(21)7-8-15(18)22;2-1-3;/h5-6,10-11H,1-4,7-9H2;2-3H;1H. The first kappa shape index (κ1) is 23.2. The van der Waals surface area contributed by atoms with Gasteiger partial charge in [-0.25, -0.2) is 15.6 Å². The van der Waals surface area contributed by atoms with Crippen molar-refractivity contribution in [3.63, 3.8) is 0 Å². The third kappa shape index (κ3) is 5.58. The van der Waals surface area contributed by atoms with E-state index in [0.29, 0.717) is 37.3 Å². The van der Waals surface area contributed by atoms with Gasteiger partial charge in [0.15, 0.2) is 0 Å². The second-order valence-corrected chi connectivity index (χ2v) is 6.46. The second-order valence-electron chi connectivity index (χ2n) is 6.46. The van der Waals surface area contributed by atoms with Crippen LogP contribution in [0, 0.1) is 22.7 Å². The van der Waals surface area contributed by atoms with Gasteiger partial charge in [-0.2, -0.15) is 0 Å². The van der Waals surface area contributed by atoms with E-state index in [2.05, 4.69) is 0 Å². The molecule has 2 N–H and O–H groups in total. The zero-order valence-corrected chi connectivity index (χ0v) is 15.8. The lowest BCUT2D eigenvalue weighted by Gasteiger charge is -2.29. The minimum absolute atomic E-state index is 0. The average Bonchev–Trinajstić information content (AvgIpc) is 3.13. The summed E-state index contributed by atoms with van der Waals surface area (Å²) in [6.07, 6.45) is 5.12. The Balaban J connectivity index is 0.000000921. The molecule has 2 heterocycles. The first-order valence-corrected chi connectivity index (χ1v) is 8.57. The van der Waals surface area contributed by atoms with Gasteiger partial charge in [-0.1, -0.05) is 0 Å². The van der Waals surface area contributed by atoms with Crippen molar-refractivity contribution >= 4 is 48.0 Å². The molecule has 0 aromatic carbocycles. The minimum atomic E-state index is -0.563. The Bertz CT molecular complexity index is 689. The van der Waals surface area contributed by atoms with Gasteiger partial charge in [0.2, 0.25) is 0 Å². The van der Waals surface area contributed by atoms with E-state index < -0.39 is 17.8 Å². The predicted octanol–water partition coefficient (Wildman–Crippen LogP) is 1.06. The Morgan fingerprint density at radius 1 is 1.00 bits per heavy atom. The lowest BCUT2D eigenvalue weighted by molar-refractivity contribution is -0.201. The number of hydroxylamine groups is 2. The van der Waals surface area contributed by atoms with Crippen LogP contribution in [0.2, 0.25) is 0 Å². The molecule has 0 radical (unpaired) electrons. The SMILES string of the molecule is Cl.N=C=N.O=C(ON1C(=O)CCC1=O)C1CCC(CN2C(=O)C=CC2=O)CC1. The van der Waals surface area contributed by atoms with Crippen LogP contribution in [-0.4, -0.2) is 52.1 Å². The van der Waals surface area contributed by atoms with Crippen molar-refractivity contribution in [2.45, 2.75) is 38.5 Å². The van der Waals surface area contributed by atoms with E-state index in [-0.39, 0.29) is 48.9 Å². The van der Waals surface area contributed by atoms with Crippen LogP contribution in [0.3, 0.4) is 0 Å². The van der Waals surface area contributed by atoms with Gasteiger partial charge in [0.05, 0.1) is 11.9 Å². The third-order valence-electron chi connectivity index (χ3n) is 4.71. The van der Waals surface area contributed by atoms with Crippen LogP contribution in [0.5, 0.6) is 0 Å². The van der Waals surface area contributed by atoms with E-state index in [1.54, 1.807) is 0 Å². The molecule has 1 saturated carbocycles. The van der Waals surface area contributed by atoms with Crippen molar-refractivity contribution in [3.05, 3.63) is 12.2 Å². The predicted molar refractivity (Wildman–Crippen MR) is 96.2 cm³/mol. The molecule has 2 aliphatic heterocycles. The fourth-order valence-corrected chi connectivity index (χ4v) is 3.27. The number of amides is 4. The lowest BCUT2D eigenvalue weighted by atomic mass is 9.82. The van der Waals surface area contributed by atoms with Crippen molar-refractivity contribution in [2.75, 3.05) is 6.54 Å². The summed E-state index contributed by atoms with van der Waals surface area (Å²) in [5, 5.41) is 11.8. The summed E-state index contributed by atoms with van der Waals surface area (Å²) in [6.45, 7) is 0.357. The monoisotopic (exact) mass is 412 g/mol. The van der Waals surface area contributed by atoms with Crippen LogP contribution < -0.4 is 0 Å². The summed E-state index contributed by atoms with van der Waals surface area (Å²) in [5.41, 5.74) is 0. The molecule has 0 unspecified atom stereocenters. The molecule has 3 aliphatic rings. The summed E-state index contributed by atoms with van der Waals surface area (Å²) in [5.74, 6) is -2.35. The Morgan fingerprint density at radius 2 is 1.46 bits per heavy atom. The van der Waals surface area contributed by atoms with Crippen LogP contribution >= 0.6 is 12.4 Å². The topological polar surface area (TPSA) is 149 Å². The Hall–Kier alpha value is -2.84. The fraction of sp³-hybridized carbons (Fsp3) is 0.529. The highest BCUT2D eigenvalue weighted by atomic mass is 35.5. The number of hydrogen-bond acceptors (Lipinski definition) is 8. The van der Waals surface area contributed by atoms with Crippen molar-refractivity contribution in [2.24, 2.45) is 11.8 Å². The minimum Gasteiger partial charge on any atom is -0.330 e. The van der Waals surface area contributed by atoms with Crippen LogP contribution in [0.1, 0.15) is 38.5 Å². The van der Waals surface area contributed by atoms with Gasteiger partial charge in [-0.15, -0.1) is 17.5 Å². The number of imide groups is 2. The molecule has 0 bridgehead atoms. The quantitative estimate of drug-likeness (QED) is 0.520. The molecule has 3 rings (SSSR count). The maximum absolute atomic E-state index is 12.1. The largest absolute Gasteiger partial charge is 0.336 e. The van der Waals surface area contributed by atoms with Crippen LogP contribution in [-0.2, 0) is 28.8 Å². The maximum Gasteiger partial charge on any atom is 0.336 e. The number of halogens is 1. The summed E-state index contributed by atoms with van der Waals surface area (Å²) >= 11 is 0. The Kier molecular flexibility index (Phi) is 8.69. The van der Waals surface area contributed by atoms with Crippen LogP contribution in [0.15, 0.2) is 12.2 Å². The highest BCUT2D eigenvalue weighted by Gasteiger charge is 2.36. The van der Waals surface area contributed by atoms with Gasteiger partial charge in [0.1, 0.15) is 0 Å². The van der Waals surface area contributed by atoms with Gasteiger partial charge < -0.3 is 4.84 Å². The van der Waals surface area contributed by atoms with E-state index in [9.17, 15) is 24.0 Å². The van der Waals surface area contributed by atoms with Crippen molar-refractivity contribution < 1.29 is 28.8 Å². The first-order chi connectivity index (χ1) is 12.9. The van der Waals surface area contributed by atoms with Crippen molar-refractivity contribution in [1.82, 2.24) is 9.96 Å². The third-order valence-corrected chi connectivity index (χ3v) is 4.71. The number of hydrogen-bond donors (Lipinski definition) is 2. The van der Waals surface area contributed by atoms with Crippen LogP contribution in [0.4, 0.5) is 0 Å².